The van der Waals surface area contributed by atoms with Crippen LogP contribution >= 0.6 is 34.8 Å². The van der Waals surface area contributed by atoms with Crippen molar-refractivity contribution in [3.8, 4) is 5.69 Å². The fourth-order valence-electron chi connectivity index (χ4n) is 4.98. The Labute approximate surface area is 277 Å². The van der Waals surface area contributed by atoms with E-state index in [1.165, 1.54) is 4.31 Å². The summed E-state index contributed by atoms with van der Waals surface area (Å²) >= 11 is 18.9. The molecule has 0 saturated carbocycles. The van der Waals surface area contributed by atoms with Crippen LogP contribution < -0.4 is 9.73 Å². The number of rotatable bonds is 9. The summed E-state index contributed by atoms with van der Waals surface area (Å²) in [5.74, 6) is -0.413. The van der Waals surface area contributed by atoms with E-state index in [1.807, 2.05) is 43.5 Å². The SMILES string of the molecule is Cc1ccc(Cl)cc1N(Cc1ccc(C(=O)N/N=C\c2cc(C)n(-c3cccc(Cl)c3Cl)c2C)cc1)S(=O)(=O)c1ccccc1. The number of sulfonamides is 1. The van der Waals surface area contributed by atoms with E-state index in [1.54, 1.807) is 85.1 Å². The zero-order valence-corrected chi connectivity index (χ0v) is 27.7. The van der Waals surface area contributed by atoms with Gasteiger partial charge in [-0.1, -0.05) is 77.3 Å². The summed E-state index contributed by atoms with van der Waals surface area (Å²) in [5, 5.41) is 5.49. The number of aryl methyl sites for hydroxylation is 2. The maximum absolute atomic E-state index is 13.8. The minimum Gasteiger partial charge on any atom is -0.316 e. The number of nitrogens with one attached hydrogen (secondary N) is 1. The molecule has 0 atom stereocenters. The number of hydrazone groups is 1. The molecule has 1 heterocycles. The Balaban J connectivity index is 1.33. The smallest absolute Gasteiger partial charge is 0.271 e. The topological polar surface area (TPSA) is 83.8 Å². The fraction of sp³-hybridized carbons (Fsp3) is 0.118. The maximum atomic E-state index is 13.8. The van der Waals surface area contributed by atoms with Crippen molar-refractivity contribution in [1.29, 1.82) is 0 Å². The van der Waals surface area contributed by atoms with Crippen LogP contribution in [0, 0.1) is 20.8 Å². The molecule has 1 N–H and O–H groups in total. The normalized spacial score (nSPS) is 11.6. The first-order valence-corrected chi connectivity index (χ1v) is 16.4. The van der Waals surface area contributed by atoms with Crippen molar-refractivity contribution in [1.82, 2.24) is 9.99 Å². The van der Waals surface area contributed by atoms with Crippen LogP contribution in [0.2, 0.25) is 15.1 Å². The zero-order valence-electron chi connectivity index (χ0n) is 24.6. The van der Waals surface area contributed by atoms with E-state index >= 15 is 0 Å². The highest BCUT2D eigenvalue weighted by atomic mass is 35.5. The molecule has 0 aliphatic carbocycles. The predicted molar refractivity (Wildman–Crippen MR) is 183 cm³/mol. The van der Waals surface area contributed by atoms with Gasteiger partial charge in [0.25, 0.3) is 15.9 Å². The number of anilines is 1. The molecule has 230 valence electrons. The molecule has 45 heavy (non-hydrogen) atoms. The summed E-state index contributed by atoms with van der Waals surface area (Å²) in [4.78, 5) is 13.1. The van der Waals surface area contributed by atoms with Gasteiger partial charge in [0, 0.05) is 27.5 Å². The average Bonchev–Trinajstić information content (AvgIpc) is 3.31. The molecule has 0 saturated heterocycles. The summed E-state index contributed by atoms with van der Waals surface area (Å²) in [6, 6.07) is 27.4. The lowest BCUT2D eigenvalue weighted by Crippen LogP contribution is -2.31. The predicted octanol–water partition coefficient (Wildman–Crippen LogP) is 8.52. The Morgan fingerprint density at radius 1 is 0.889 bits per heavy atom. The Morgan fingerprint density at radius 3 is 2.31 bits per heavy atom. The molecule has 5 aromatic rings. The van der Waals surface area contributed by atoms with Gasteiger partial charge in [0.05, 0.1) is 39.1 Å². The molecule has 0 radical (unpaired) electrons. The second-order valence-electron chi connectivity index (χ2n) is 10.4. The highest BCUT2D eigenvalue weighted by Gasteiger charge is 2.26. The van der Waals surface area contributed by atoms with Crippen molar-refractivity contribution in [2.75, 3.05) is 4.31 Å². The number of hydrogen-bond donors (Lipinski definition) is 1. The van der Waals surface area contributed by atoms with E-state index in [9.17, 15) is 13.2 Å². The summed E-state index contributed by atoms with van der Waals surface area (Å²) in [5.41, 5.74) is 8.19. The average molecular weight is 680 g/mol. The first kappa shape index (κ1) is 32.3. The van der Waals surface area contributed by atoms with Gasteiger partial charge in [-0.3, -0.25) is 9.10 Å². The minimum atomic E-state index is -3.92. The molecule has 0 bridgehead atoms. The van der Waals surface area contributed by atoms with Gasteiger partial charge in [0.2, 0.25) is 0 Å². The number of amides is 1. The molecule has 1 amide bonds. The molecule has 7 nitrogen and oxygen atoms in total. The molecule has 1 aromatic heterocycles. The molecule has 4 aromatic carbocycles. The van der Waals surface area contributed by atoms with Gasteiger partial charge in [0.15, 0.2) is 0 Å². The van der Waals surface area contributed by atoms with E-state index in [0.29, 0.717) is 31.9 Å². The number of benzene rings is 4. The van der Waals surface area contributed by atoms with E-state index in [4.69, 9.17) is 34.8 Å². The molecular weight excluding hydrogens is 651 g/mol. The second-order valence-corrected chi connectivity index (χ2v) is 13.5. The number of hydrogen-bond acceptors (Lipinski definition) is 4. The van der Waals surface area contributed by atoms with Gasteiger partial charge in [-0.05, 0) is 86.5 Å². The minimum absolute atomic E-state index is 0.0325. The van der Waals surface area contributed by atoms with E-state index in [-0.39, 0.29) is 11.4 Å². The van der Waals surface area contributed by atoms with Crippen LogP contribution in [-0.4, -0.2) is 25.1 Å². The zero-order chi connectivity index (χ0) is 32.3. The van der Waals surface area contributed by atoms with Crippen LogP contribution in [0.15, 0.2) is 107 Å². The van der Waals surface area contributed by atoms with Gasteiger partial charge in [-0.25, -0.2) is 13.8 Å². The summed E-state index contributed by atoms with van der Waals surface area (Å²) in [7, 11) is -3.92. The van der Waals surface area contributed by atoms with Crippen LogP contribution in [0.1, 0.15) is 38.4 Å². The number of carbonyl (C=O) groups is 1. The van der Waals surface area contributed by atoms with E-state index < -0.39 is 15.9 Å². The van der Waals surface area contributed by atoms with Crippen LogP contribution in [-0.2, 0) is 16.6 Å². The standard InChI is InChI=1S/C34H29Cl3N4O3S/c1-22-12-17-28(35)19-32(22)40(45(43,44)29-8-5-4-6-9-29)21-25-13-15-26(16-14-25)34(42)39-38-20-27-18-23(2)41(24(27)3)31-11-7-10-30(36)33(31)37/h4-20H,21H2,1-3H3,(H,39,42)/b38-20-. The molecule has 0 aliphatic rings. The molecule has 0 unspecified atom stereocenters. The van der Waals surface area contributed by atoms with Crippen molar-refractivity contribution in [3.05, 3.63) is 146 Å². The van der Waals surface area contributed by atoms with Gasteiger partial charge >= 0.3 is 0 Å². The van der Waals surface area contributed by atoms with Gasteiger partial charge in [0.1, 0.15) is 0 Å². The van der Waals surface area contributed by atoms with Crippen molar-refractivity contribution >= 4 is 62.6 Å². The lowest BCUT2D eigenvalue weighted by atomic mass is 10.1. The van der Waals surface area contributed by atoms with Crippen molar-refractivity contribution in [2.24, 2.45) is 5.10 Å². The number of carbonyl (C=O) groups excluding carboxylic acids is 1. The number of halogens is 3. The van der Waals surface area contributed by atoms with Gasteiger partial charge < -0.3 is 4.57 Å². The number of aromatic nitrogens is 1. The lowest BCUT2D eigenvalue weighted by molar-refractivity contribution is 0.0955. The summed E-state index contributed by atoms with van der Waals surface area (Å²) in [6.45, 7) is 5.74. The van der Waals surface area contributed by atoms with Gasteiger partial charge in [-0.15, -0.1) is 0 Å². The Kier molecular flexibility index (Phi) is 9.70. The molecule has 0 spiro atoms. The van der Waals surface area contributed by atoms with Gasteiger partial charge in [-0.2, -0.15) is 5.10 Å². The second kappa shape index (κ2) is 13.5. The highest BCUT2D eigenvalue weighted by molar-refractivity contribution is 7.92. The first-order chi connectivity index (χ1) is 21.5. The largest absolute Gasteiger partial charge is 0.316 e. The molecule has 5 rings (SSSR count). The Morgan fingerprint density at radius 2 is 1.60 bits per heavy atom. The van der Waals surface area contributed by atoms with Crippen molar-refractivity contribution in [3.63, 3.8) is 0 Å². The molecule has 0 fully saturated rings. The number of nitrogens with zero attached hydrogens (tertiary/aromatic N) is 3. The lowest BCUT2D eigenvalue weighted by Gasteiger charge is -2.26. The van der Waals surface area contributed by atoms with Crippen LogP contribution in [0.5, 0.6) is 0 Å². The molecule has 0 aliphatic heterocycles. The molecule has 11 heteroatoms. The maximum Gasteiger partial charge on any atom is 0.271 e. The highest BCUT2D eigenvalue weighted by Crippen LogP contribution is 2.32. The summed E-state index contributed by atoms with van der Waals surface area (Å²) in [6.07, 6.45) is 1.57. The third-order valence-corrected chi connectivity index (χ3v) is 10.1. The van der Waals surface area contributed by atoms with E-state index in [0.717, 1.165) is 28.2 Å². The Hall–Kier alpha value is -4.08. The van der Waals surface area contributed by atoms with E-state index in [2.05, 4.69) is 10.5 Å². The Bertz CT molecular complexity index is 2010. The third kappa shape index (κ3) is 6.94. The quantitative estimate of drug-likeness (QED) is 0.125. The molecular formula is C34H29Cl3N4O3S. The summed E-state index contributed by atoms with van der Waals surface area (Å²) < 4.78 is 30.8. The van der Waals surface area contributed by atoms with Crippen LogP contribution in [0.3, 0.4) is 0 Å². The van der Waals surface area contributed by atoms with Crippen molar-refractivity contribution in [2.45, 2.75) is 32.2 Å². The van der Waals surface area contributed by atoms with Crippen molar-refractivity contribution < 1.29 is 13.2 Å². The van der Waals surface area contributed by atoms with Crippen LogP contribution in [0.25, 0.3) is 5.69 Å². The third-order valence-electron chi connectivity index (χ3n) is 7.33. The monoisotopic (exact) mass is 678 g/mol. The fourth-order valence-corrected chi connectivity index (χ4v) is 7.05. The first-order valence-electron chi connectivity index (χ1n) is 13.9. The van der Waals surface area contributed by atoms with Crippen LogP contribution in [0.4, 0.5) is 5.69 Å².